The third-order valence-electron chi connectivity index (χ3n) is 2.45. The van der Waals surface area contributed by atoms with Gasteiger partial charge in [-0.15, -0.1) is 0 Å². The summed E-state index contributed by atoms with van der Waals surface area (Å²) in [7, 11) is 0. The Labute approximate surface area is 85.3 Å². The van der Waals surface area contributed by atoms with Gasteiger partial charge < -0.3 is 5.32 Å². The highest BCUT2D eigenvalue weighted by molar-refractivity contribution is 5.89. The first-order valence-corrected chi connectivity index (χ1v) is 5.19. The van der Waals surface area contributed by atoms with Crippen LogP contribution in [0.5, 0.6) is 0 Å². The van der Waals surface area contributed by atoms with Gasteiger partial charge in [-0.3, -0.25) is 9.59 Å². The number of hydrogen-bond acceptors (Lipinski definition) is 2. The first-order valence-electron chi connectivity index (χ1n) is 5.19. The van der Waals surface area contributed by atoms with Crippen molar-refractivity contribution in [2.75, 3.05) is 6.54 Å². The Kier molecular flexibility index (Phi) is 3.29. The van der Waals surface area contributed by atoms with Gasteiger partial charge in [-0.05, 0) is 18.8 Å². The number of Topliss-reactive ketones (excluding diaryl/α,β-unsaturated/α-hetero) is 1. The minimum absolute atomic E-state index is 0.0186. The van der Waals surface area contributed by atoms with Crippen LogP contribution in [-0.2, 0) is 9.59 Å². The molecule has 80 valence electrons. The molecule has 0 atom stereocenters. The third-order valence-corrected chi connectivity index (χ3v) is 2.45. The maximum atomic E-state index is 11.5. The molecule has 0 bridgehead atoms. The maximum Gasteiger partial charge on any atom is 0.220 e. The van der Waals surface area contributed by atoms with Crippen molar-refractivity contribution in [3.8, 4) is 0 Å². The van der Waals surface area contributed by atoms with Crippen molar-refractivity contribution in [3.05, 3.63) is 0 Å². The molecule has 0 aromatic heterocycles. The van der Waals surface area contributed by atoms with Crippen LogP contribution in [0, 0.1) is 11.3 Å². The molecule has 1 N–H and O–H groups in total. The molecular formula is C11H19NO2. The molecule has 0 unspecified atom stereocenters. The predicted octanol–water partition coefficient (Wildman–Crippen LogP) is 1.52. The normalized spacial score (nSPS) is 16.5. The van der Waals surface area contributed by atoms with Crippen molar-refractivity contribution in [2.45, 2.75) is 40.0 Å². The maximum absolute atomic E-state index is 11.5. The average Bonchev–Trinajstić information content (AvgIpc) is 2.82. The van der Waals surface area contributed by atoms with Gasteiger partial charge in [0, 0.05) is 11.8 Å². The van der Waals surface area contributed by atoms with E-state index in [-0.39, 0.29) is 23.7 Å². The highest BCUT2D eigenvalue weighted by atomic mass is 16.2. The Morgan fingerprint density at radius 3 is 2.29 bits per heavy atom. The van der Waals surface area contributed by atoms with Crippen LogP contribution < -0.4 is 5.32 Å². The lowest BCUT2D eigenvalue weighted by atomic mass is 9.91. The number of ketones is 1. The van der Waals surface area contributed by atoms with E-state index < -0.39 is 0 Å². The quantitative estimate of drug-likeness (QED) is 0.742. The summed E-state index contributed by atoms with van der Waals surface area (Å²) in [4.78, 5) is 22.7. The fraction of sp³-hybridized carbons (Fsp3) is 0.818. The van der Waals surface area contributed by atoms with Crippen LogP contribution >= 0.6 is 0 Å². The Hall–Kier alpha value is -0.860. The average molecular weight is 197 g/mol. The van der Waals surface area contributed by atoms with Gasteiger partial charge in [-0.1, -0.05) is 20.8 Å². The number of hydrogen-bond donors (Lipinski definition) is 1. The molecule has 14 heavy (non-hydrogen) atoms. The number of nitrogens with one attached hydrogen (secondary N) is 1. The summed E-state index contributed by atoms with van der Waals surface area (Å²) < 4.78 is 0. The van der Waals surface area contributed by atoms with Gasteiger partial charge in [0.1, 0.15) is 0 Å². The highest BCUT2D eigenvalue weighted by Gasteiger charge is 2.25. The Balaban J connectivity index is 2.18. The Bertz CT molecular complexity index is 236. The minimum atomic E-state index is -0.354. The van der Waals surface area contributed by atoms with Crippen LogP contribution in [0.3, 0.4) is 0 Å². The summed E-state index contributed by atoms with van der Waals surface area (Å²) in [5, 5.41) is 2.67. The van der Waals surface area contributed by atoms with Crippen molar-refractivity contribution in [3.63, 3.8) is 0 Å². The summed E-state index contributed by atoms with van der Waals surface area (Å²) in [5.41, 5.74) is -0.354. The van der Waals surface area contributed by atoms with E-state index in [4.69, 9.17) is 0 Å². The molecule has 0 aliphatic heterocycles. The van der Waals surface area contributed by atoms with E-state index >= 15 is 0 Å². The van der Waals surface area contributed by atoms with Gasteiger partial charge in [-0.25, -0.2) is 0 Å². The second-order valence-corrected chi connectivity index (χ2v) is 5.10. The third kappa shape index (κ3) is 3.90. The highest BCUT2D eigenvalue weighted by Crippen LogP contribution is 2.32. The van der Waals surface area contributed by atoms with Crippen molar-refractivity contribution >= 4 is 11.7 Å². The fourth-order valence-corrected chi connectivity index (χ4v) is 1.10. The van der Waals surface area contributed by atoms with Crippen LogP contribution in [-0.4, -0.2) is 18.2 Å². The SMILES string of the molecule is CC(C)(C)C(=O)CNC(=O)CC1CC1. The van der Waals surface area contributed by atoms with Crippen LogP contribution in [0.25, 0.3) is 0 Å². The van der Waals surface area contributed by atoms with Crippen LogP contribution in [0.4, 0.5) is 0 Å². The summed E-state index contributed by atoms with van der Waals surface area (Å²) in [6.07, 6.45) is 2.93. The van der Waals surface area contributed by atoms with Gasteiger partial charge in [0.05, 0.1) is 6.54 Å². The fourth-order valence-electron chi connectivity index (χ4n) is 1.10. The zero-order valence-corrected chi connectivity index (χ0v) is 9.22. The summed E-state index contributed by atoms with van der Waals surface area (Å²) in [6.45, 7) is 5.77. The first-order chi connectivity index (χ1) is 6.39. The minimum Gasteiger partial charge on any atom is -0.349 e. The summed E-state index contributed by atoms with van der Waals surface area (Å²) >= 11 is 0. The zero-order valence-electron chi connectivity index (χ0n) is 9.22. The molecule has 1 aliphatic rings. The molecule has 0 spiro atoms. The van der Waals surface area contributed by atoms with Gasteiger partial charge in [0.2, 0.25) is 5.91 Å². The second kappa shape index (κ2) is 4.11. The molecule has 0 saturated heterocycles. The van der Waals surface area contributed by atoms with E-state index in [9.17, 15) is 9.59 Å². The van der Waals surface area contributed by atoms with E-state index in [0.717, 1.165) is 0 Å². The number of amides is 1. The second-order valence-electron chi connectivity index (χ2n) is 5.10. The van der Waals surface area contributed by atoms with E-state index in [0.29, 0.717) is 12.3 Å². The molecule has 1 fully saturated rings. The Morgan fingerprint density at radius 1 is 1.29 bits per heavy atom. The molecule has 1 rings (SSSR count). The van der Waals surface area contributed by atoms with Gasteiger partial charge in [0.15, 0.2) is 5.78 Å². The molecule has 0 heterocycles. The monoisotopic (exact) mass is 197 g/mol. The molecule has 0 radical (unpaired) electrons. The van der Waals surface area contributed by atoms with E-state index in [2.05, 4.69) is 5.32 Å². The molecule has 3 heteroatoms. The van der Waals surface area contributed by atoms with Gasteiger partial charge in [-0.2, -0.15) is 0 Å². The van der Waals surface area contributed by atoms with Crippen molar-refractivity contribution < 1.29 is 9.59 Å². The van der Waals surface area contributed by atoms with Gasteiger partial charge >= 0.3 is 0 Å². The lowest BCUT2D eigenvalue weighted by Gasteiger charge is -2.16. The molecule has 0 aromatic rings. The first kappa shape index (κ1) is 11.2. The predicted molar refractivity (Wildman–Crippen MR) is 54.8 cm³/mol. The number of rotatable bonds is 4. The van der Waals surface area contributed by atoms with E-state index in [1.807, 2.05) is 20.8 Å². The van der Waals surface area contributed by atoms with Crippen LogP contribution in [0.1, 0.15) is 40.0 Å². The molecular weight excluding hydrogens is 178 g/mol. The standard InChI is InChI=1S/C11H19NO2/c1-11(2,3)9(13)7-12-10(14)6-8-4-5-8/h8H,4-7H2,1-3H3,(H,12,14). The van der Waals surface area contributed by atoms with Crippen LogP contribution in [0.2, 0.25) is 0 Å². The lowest BCUT2D eigenvalue weighted by Crippen LogP contribution is -2.35. The topological polar surface area (TPSA) is 46.2 Å². The van der Waals surface area contributed by atoms with Crippen LogP contribution in [0.15, 0.2) is 0 Å². The zero-order chi connectivity index (χ0) is 10.8. The summed E-state index contributed by atoms with van der Waals surface area (Å²) in [6, 6.07) is 0. The molecule has 1 saturated carbocycles. The molecule has 0 aromatic carbocycles. The smallest absolute Gasteiger partial charge is 0.220 e. The van der Waals surface area contributed by atoms with Crippen molar-refractivity contribution in [1.82, 2.24) is 5.32 Å². The van der Waals surface area contributed by atoms with E-state index in [1.165, 1.54) is 12.8 Å². The molecule has 1 amide bonds. The number of carbonyl (C=O) groups is 2. The van der Waals surface area contributed by atoms with Crippen molar-refractivity contribution in [2.24, 2.45) is 11.3 Å². The largest absolute Gasteiger partial charge is 0.349 e. The number of carbonyl (C=O) groups excluding carboxylic acids is 2. The summed E-state index contributed by atoms with van der Waals surface area (Å²) in [5.74, 6) is 0.687. The van der Waals surface area contributed by atoms with E-state index in [1.54, 1.807) is 0 Å². The van der Waals surface area contributed by atoms with Gasteiger partial charge in [0.25, 0.3) is 0 Å². The Morgan fingerprint density at radius 2 is 1.86 bits per heavy atom. The van der Waals surface area contributed by atoms with Crippen molar-refractivity contribution in [1.29, 1.82) is 0 Å². The molecule has 1 aliphatic carbocycles. The lowest BCUT2D eigenvalue weighted by molar-refractivity contribution is -0.129. The molecule has 3 nitrogen and oxygen atoms in total.